The molecule has 0 aliphatic rings. The molecular weight excluding hydrogens is 423 g/mol. The monoisotopic (exact) mass is 449 g/mol. The van der Waals surface area contributed by atoms with Crippen molar-refractivity contribution in [2.24, 2.45) is 0 Å². The Morgan fingerprint density at radius 2 is 2.09 bits per heavy atom. The highest BCUT2D eigenvalue weighted by molar-refractivity contribution is 6.01. The Kier molecular flexibility index (Phi) is 8.43. The lowest BCUT2D eigenvalue weighted by Crippen LogP contribution is -2.30. The Balaban J connectivity index is 2.04. The molecule has 0 saturated carbocycles. The zero-order valence-corrected chi connectivity index (χ0v) is 18.4. The summed E-state index contributed by atoms with van der Waals surface area (Å²) < 4.78 is 46.3. The Bertz CT molecular complexity index is 1020. The van der Waals surface area contributed by atoms with Gasteiger partial charge < -0.3 is 19.9 Å². The Morgan fingerprint density at radius 3 is 2.72 bits per heavy atom. The number of carbonyl (C=O) groups is 1. The van der Waals surface area contributed by atoms with Gasteiger partial charge in [-0.2, -0.15) is 18.4 Å². The maximum Gasteiger partial charge on any atom is 0.419 e. The lowest BCUT2D eigenvalue weighted by atomic mass is 10.1. The molecule has 1 amide bonds. The van der Waals surface area contributed by atoms with Crippen LogP contribution in [0.4, 0.5) is 19.0 Å². The van der Waals surface area contributed by atoms with Crippen molar-refractivity contribution in [3.63, 3.8) is 0 Å². The number of ether oxygens (including phenoxy) is 1. The number of nitrogens with one attached hydrogen (secondary N) is 2. The standard InChI is InChI=1S/C22H26F3N5O2/c1-14-10-17(16(3)30(14)15(2)13-32-4)11-18(12-26)21(31)29-9-8-28-20-19(22(23,24)25)6-5-7-27-20/h5-7,10-11,15H,8-9,13H2,1-4H3,(H,27,28)(H,29,31)/b18-11-. The molecule has 32 heavy (non-hydrogen) atoms. The molecule has 10 heteroatoms. The van der Waals surface area contributed by atoms with Gasteiger partial charge in [-0.15, -0.1) is 0 Å². The number of aromatic nitrogens is 2. The third-order valence-electron chi connectivity index (χ3n) is 4.85. The first-order valence-electron chi connectivity index (χ1n) is 9.93. The number of aryl methyl sites for hydroxylation is 1. The normalized spacial score (nSPS) is 12.9. The molecule has 2 aromatic heterocycles. The molecule has 172 valence electrons. The molecule has 0 spiro atoms. The van der Waals surface area contributed by atoms with Crippen LogP contribution in [0.5, 0.6) is 0 Å². The Hall–Kier alpha value is -3.32. The van der Waals surface area contributed by atoms with E-state index in [9.17, 15) is 23.2 Å². The summed E-state index contributed by atoms with van der Waals surface area (Å²) >= 11 is 0. The van der Waals surface area contributed by atoms with Gasteiger partial charge in [0.05, 0.1) is 18.2 Å². The van der Waals surface area contributed by atoms with Crippen LogP contribution in [0.15, 0.2) is 30.0 Å². The largest absolute Gasteiger partial charge is 0.419 e. The van der Waals surface area contributed by atoms with Crippen LogP contribution < -0.4 is 10.6 Å². The number of amides is 1. The lowest BCUT2D eigenvalue weighted by Gasteiger charge is -2.17. The quantitative estimate of drug-likeness (QED) is 0.345. The smallest absolute Gasteiger partial charge is 0.383 e. The van der Waals surface area contributed by atoms with Crippen molar-refractivity contribution < 1.29 is 22.7 Å². The first-order valence-corrected chi connectivity index (χ1v) is 9.93. The van der Waals surface area contributed by atoms with E-state index in [0.717, 1.165) is 23.0 Å². The number of halogens is 3. The van der Waals surface area contributed by atoms with Gasteiger partial charge in [-0.25, -0.2) is 4.98 Å². The number of rotatable bonds is 9. The third-order valence-corrected chi connectivity index (χ3v) is 4.85. The molecule has 2 rings (SSSR count). The highest BCUT2D eigenvalue weighted by atomic mass is 19.4. The second-order valence-corrected chi connectivity index (χ2v) is 7.25. The summed E-state index contributed by atoms with van der Waals surface area (Å²) in [5.41, 5.74) is 1.61. The van der Waals surface area contributed by atoms with Crippen LogP contribution in [0.3, 0.4) is 0 Å². The van der Waals surface area contributed by atoms with Crippen LogP contribution in [-0.2, 0) is 15.7 Å². The molecule has 2 aromatic rings. The van der Waals surface area contributed by atoms with E-state index in [1.54, 1.807) is 7.11 Å². The molecule has 0 aliphatic carbocycles. The summed E-state index contributed by atoms with van der Waals surface area (Å²) in [5.74, 6) is -0.927. The molecular formula is C22H26F3N5O2. The van der Waals surface area contributed by atoms with E-state index >= 15 is 0 Å². The minimum absolute atomic E-state index is 0.00753. The molecule has 0 bridgehead atoms. The van der Waals surface area contributed by atoms with Crippen LogP contribution in [0.2, 0.25) is 0 Å². The Labute approximate surface area is 184 Å². The molecule has 0 aliphatic heterocycles. The average molecular weight is 449 g/mol. The number of nitrogens with zero attached hydrogens (tertiary/aromatic N) is 3. The molecule has 0 aromatic carbocycles. The van der Waals surface area contributed by atoms with Gasteiger partial charge >= 0.3 is 6.18 Å². The van der Waals surface area contributed by atoms with Crippen molar-refractivity contribution in [1.82, 2.24) is 14.9 Å². The van der Waals surface area contributed by atoms with E-state index in [4.69, 9.17) is 4.74 Å². The molecule has 1 unspecified atom stereocenters. The summed E-state index contributed by atoms with van der Waals surface area (Å²) in [6.07, 6.45) is -1.79. The minimum Gasteiger partial charge on any atom is -0.383 e. The number of hydrogen-bond acceptors (Lipinski definition) is 5. The van der Waals surface area contributed by atoms with E-state index in [-0.39, 0.29) is 30.5 Å². The Morgan fingerprint density at radius 1 is 1.38 bits per heavy atom. The summed E-state index contributed by atoms with van der Waals surface area (Å²) in [6, 6.07) is 5.97. The van der Waals surface area contributed by atoms with Crippen molar-refractivity contribution in [2.45, 2.75) is 33.0 Å². The van der Waals surface area contributed by atoms with Crippen molar-refractivity contribution in [3.05, 3.63) is 52.5 Å². The molecule has 0 fully saturated rings. The molecule has 7 nitrogen and oxygen atoms in total. The van der Waals surface area contributed by atoms with Crippen molar-refractivity contribution in [1.29, 1.82) is 5.26 Å². The number of anilines is 1. The fraction of sp³-hybridized carbons (Fsp3) is 0.409. The van der Waals surface area contributed by atoms with Crippen LogP contribution in [-0.4, -0.2) is 42.3 Å². The van der Waals surface area contributed by atoms with Gasteiger partial charge in [0.15, 0.2) is 0 Å². The van der Waals surface area contributed by atoms with Crippen LogP contribution >= 0.6 is 0 Å². The maximum absolute atomic E-state index is 13.0. The molecule has 2 heterocycles. The second kappa shape index (κ2) is 10.8. The summed E-state index contributed by atoms with van der Waals surface area (Å²) in [6.45, 7) is 6.37. The topological polar surface area (TPSA) is 92.0 Å². The van der Waals surface area contributed by atoms with Gasteiger partial charge in [0.1, 0.15) is 17.5 Å². The van der Waals surface area contributed by atoms with Crippen LogP contribution in [0, 0.1) is 25.2 Å². The predicted octanol–water partition coefficient (Wildman–Crippen LogP) is 3.86. The van der Waals surface area contributed by atoms with Crippen LogP contribution in [0.1, 0.15) is 35.5 Å². The van der Waals surface area contributed by atoms with E-state index in [1.807, 2.05) is 32.9 Å². The number of hydrogen-bond donors (Lipinski definition) is 2. The minimum atomic E-state index is -4.54. The SMILES string of the molecule is COCC(C)n1c(C)cc(/C=C(/C#N)C(=O)NCCNc2ncccc2C(F)(F)F)c1C. The third kappa shape index (κ3) is 6.11. The zero-order chi connectivity index (χ0) is 23.9. The lowest BCUT2D eigenvalue weighted by molar-refractivity contribution is -0.137. The number of methoxy groups -OCH3 is 1. The van der Waals surface area contributed by atoms with Gasteiger partial charge in [0, 0.05) is 37.8 Å². The van der Waals surface area contributed by atoms with E-state index < -0.39 is 17.6 Å². The second-order valence-electron chi connectivity index (χ2n) is 7.25. The van der Waals surface area contributed by atoms with Gasteiger partial charge in [-0.3, -0.25) is 4.79 Å². The van der Waals surface area contributed by atoms with Crippen molar-refractivity contribution in [2.75, 3.05) is 32.1 Å². The van der Waals surface area contributed by atoms with E-state index in [1.165, 1.54) is 18.3 Å². The predicted molar refractivity (Wildman–Crippen MR) is 115 cm³/mol. The van der Waals surface area contributed by atoms with Gasteiger partial charge in [0.25, 0.3) is 5.91 Å². The average Bonchev–Trinajstić information content (AvgIpc) is 3.01. The number of alkyl halides is 3. The molecule has 1 atom stereocenters. The summed E-state index contributed by atoms with van der Waals surface area (Å²) in [7, 11) is 1.62. The van der Waals surface area contributed by atoms with Crippen LogP contribution in [0.25, 0.3) is 6.08 Å². The molecule has 0 radical (unpaired) electrons. The molecule has 0 saturated heterocycles. The van der Waals surface area contributed by atoms with E-state index in [0.29, 0.717) is 6.61 Å². The van der Waals surface area contributed by atoms with Gasteiger partial charge in [-0.05, 0) is 50.6 Å². The number of carbonyl (C=O) groups excluding carboxylic acids is 1. The number of pyridine rings is 1. The van der Waals surface area contributed by atoms with E-state index in [2.05, 4.69) is 20.2 Å². The fourth-order valence-electron chi connectivity index (χ4n) is 3.47. The fourth-order valence-corrected chi connectivity index (χ4v) is 3.47. The first kappa shape index (κ1) is 24.9. The number of nitriles is 1. The zero-order valence-electron chi connectivity index (χ0n) is 18.4. The molecule has 2 N–H and O–H groups in total. The van der Waals surface area contributed by atoms with Crippen molar-refractivity contribution >= 4 is 17.8 Å². The maximum atomic E-state index is 13.0. The summed E-state index contributed by atoms with van der Waals surface area (Å²) in [5, 5.41) is 14.5. The van der Waals surface area contributed by atoms with Crippen molar-refractivity contribution in [3.8, 4) is 6.07 Å². The van der Waals surface area contributed by atoms with Gasteiger partial charge in [0.2, 0.25) is 0 Å². The highest BCUT2D eigenvalue weighted by Gasteiger charge is 2.33. The highest BCUT2D eigenvalue weighted by Crippen LogP contribution is 2.33. The first-order chi connectivity index (χ1) is 15.1. The summed E-state index contributed by atoms with van der Waals surface area (Å²) in [4.78, 5) is 16.1. The van der Waals surface area contributed by atoms with Gasteiger partial charge in [-0.1, -0.05) is 0 Å².